The molecule has 2 N–H and O–H groups in total. The van der Waals surface area contributed by atoms with E-state index < -0.39 is 6.04 Å². The lowest BCUT2D eigenvalue weighted by atomic mass is 10.1. The molecule has 0 heterocycles. The molecule has 0 bridgehead atoms. The van der Waals surface area contributed by atoms with Crippen molar-refractivity contribution in [2.24, 2.45) is 0 Å². The van der Waals surface area contributed by atoms with E-state index in [1.807, 2.05) is 30.3 Å². The maximum absolute atomic E-state index is 11.2. The van der Waals surface area contributed by atoms with Crippen molar-refractivity contribution < 1.29 is 14.7 Å². The summed E-state index contributed by atoms with van der Waals surface area (Å²) >= 11 is 0. The first-order chi connectivity index (χ1) is 7.27. The average molecular weight is 209 g/mol. The lowest BCUT2D eigenvalue weighted by molar-refractivity contribution is -0.144. The second-order valence-electron chi connectivity index (χ2n) is 3.10. The van der Waals surface area contributed by atoms with Gasteiger partial charge in [-0.3, -0.25) is 4.79 Å². The molecular weight excluding hydrogens is 194 g/mol. The SMILES string of the molecule is CCOC(=O)C[C@@H](NO)c1ccccc1. The molecule has 0 aliphatic carbocycles. The van der Waals surface area contributed by atoms with Gasteiger partial charge in [0.1, 0.15) is 0 Å². The van der Waals surface area contributed by atoms with Crippen molar-refractivity contribution in [3.05, 3.63) is 35.9 Å². The molecule has 0 saturated heterocycles. The topological polar surface area (TPSA) is 58.6 Å². The molecule has 1 rings (SSSR count). The van der Waals surface area contributed by atoms with Crippen LogP contribution >= 0.6 is 0 Å². The lowest BCUT2D eigenvalue weighted by Gasteiger charge is -2.14. The van der Waals surface area contributed by atoms with Gasteiger partial charge < -0.3 is 9.94 Å². The van der Waals surface area contributed by atoms with E-state index in [1.165, 1.54) is 0 Å². The van der Waals surface area contributed by atoms with E-state index in [0.29, 0.717) is 6.61 Å². The molecular formula is C11H15NO3. The van der Waals surface area contributed by atoms with Crippen molar-refractivity contribution in [1.82, 2.24) is 5.48 Å². The predicted octanol–water partition coefficient (Wildman–Crippen LogP) is 1.66. The minimum Gasteiger partial charge on any atom is -0.466 e. The number of ether oxygens (including phenoxy) is 1. The minimum atomic E-state index is -0.412. The van der Waals surface area contributed by atoms with Crippen molar-refractivity contribution in [3.8, 4) is 0 Å². The molecule has 1 aromatic carbocycles. The predicted molar refractivity (Wildman–Crippen MR) is 55.4 cm³/mol. The number of carbonyl (C=O) groups is 1. The Labute approximate surface area is 88.8 Å². The second kappa shape index (κ2) is 6.16. The summed E-state index contributed by atoms with van der Waals surface area (Å²) in [5.74, 6) is -0.326. The summed E-state index contributed by atoms with van der Waals surface area (Å²) in [6.07, 6.45) is 0.119. The first kappa shape index (κ1) is 11.7. The van der Waals surface area contributed by atoms with Crippen LogP contribution < -0.4 is 5.48 Å². The highest BCUT2D eigenvalue weighted by molar-refractivity contribution is 5.70. The standard InChI is InChI=1S/C11H15NO3/c1-2-15-11(13)8-10(12-14)9-6-4-3-5-7-9/h3-7,10,12,14H,2,8H2,1H3/t10-/m1/s1. The molecule has 82 valence electrons. The van der Waals surface area contributed by atoms with Crippen molar-refractivity contribution in [1.29, 1.82) is 0 Å². The molecule has 1 aromatic rings. The Morgan fingerprint density at radius 1 is 1.47 bits per heavy atom. The highest BCUT2D eigenvalue weighted by atomic mass is 16.5. The number of esters is 1. The molecule has 4 heteroatoms. The highest BCUT2D eigenvalue weighted by Crippen LogP contribution is 2.16. The molecule has 0 aliphatic rings. The smallest absolute Gasteiger partial charge is 0.307 e. The lowest BCUT2D eigenvalue weighted by Crippen LogP contribution is -2.21. The fourth-order valence-corrected chi connectivity index (χ4v) is 1.31. The van der Waals surface area contributed by atoms with Crippen molar-refractivity contribution >= 4 is 5.97 Å². The van der Waals surface area contributed by atoms with Crippen LogP contribution in [0.5, 0.6) is 0 Å². The monoisotopic (exact) mass is 209 g/mol. The molecule has 0 aromatic heterocycles. The van der Waals surface area contributed by atoms with E-state index in [2.05, 4.69) is 5.48 Å². The summed E-state index contributed by atoms with van der Waals surface area (Å²) in [4.78, 5) is 11.2. The van der Waals surface area contributed by atoms with Crippen LogP contribution in [0.1, 0.15) is 24.9 Å². The zero-order chi connectivity index (χ0) is 11.1. The fourth-order valence-electron chi connectivity index (χ4n) is 1.31. The van der Waals surface area contributed by atoms with E-state index in [1.54, 1.807) is 6.92 Å². The van der Waals surface area contributed by atoms with Crippen LogP contribution in [0.25, 0.3) is 0 Å². The Morgan fingerprint density at radius 3 is 2.67 bits per heavy atom. The van der Waals surface area contributed by atoms with Gasteiger partial charge in [-0.1, -0.05) is 30.3 Å². The molecule has 0 spiro atoms. The summed E-state index contributed by atoms with van der Waals surface area (Å²) in [5.41, 5.74) is 2.96. The summed E-state index contributed by atoms with van der Waals surface area (Å²) < 4.78 is 4.81. The Bertz CT molecular complexity index is 300. The second-order valence-corrected chi connectivity index (χ2v) is 3.10. The Kier molecular flexibility index (Phi) is 4.80. The third kappa shape index (κ3) is 3.69. The number of rotatable bonds is 5. The maximum Gasteiger partial charge on any atom is 0.307 e. The number of nitrogens with one attached hydrogen (secondary N) is 1. The molecule has 1 atom stereocenters. The largest absolute Gasteiger partial charge is 0.466 e. The summed E-state index contributed by atoms with van der Waals surface area (Å²) in [6.45, 7) is 2.10. The number of carbonyl (C=O) groups excluding carboxylic acids is 1. The molecule has 0 amide bonds. The van der Waals surface area contributed by atoms with Crippen molar-refractivity contribution in [3.63, 3.8) is 0 Å². The number of hydroxylamine groups is 1. The van der Waals surface area contributed by atoms with Crippen molar-refractivity contribution in [2.75, 3.05) is 6.61 Å². The van der Waals surface area contributed by atoms with Gasteiger partial charge in [0.05, 0.1) is 19.1 Å². The van der Waals surface area contributed by atoms with Crippen LogP contribution in [0, 0.1) is 0 Å². The van der Waals surface area contributed by atoms with Gasteiger partial charge in [0, 0.05) is 0 Å². The molecule has 0 saturated carbocycles. The van der Waals surface area contributed by atoms with Gasteiger partial charge in [0.2, 0.25) is 0 Å². The zero-order valence-electron chi connectivity index (χ0n) is 8.64. The van der Waals surface area contributed by atoms with Gasteiger partial charge >= 0.3 is 5.97 Å². The van der Waals surface area contributed by atoms with Crippen LogP contribution in [-0.2, 0) is 9.53 Å². The molecule has 0 aliphatic heterocycles. The third-order valence-electron chi connectivity index (χ3n) is 2.03. The van der Waals surface area contributed by atoms with Crippen LogP contribution in [0.2, 0.25) is 0 Å². The molecule has 4 nitrogen and oxygen atoms in total. The number of hydrogen-bond acceptors (Lipinski definition) is 4. The van der Waals surface area contributed by atoms with Gasteiger partial charge in [0.15, 0.2) is 0 Å². The molecule has 0 fully saturated rings. The van der Waals surface area contributed by atoms with Crippen LogP contribution in [0.4, 0.5) is 0 Å². The van der Waals surface area contributed by atoms with Crippen LogP contribution in [-0.4, -0.2) is 17.8 Å². The van der Waals surface area contributed by atoms with Gasteiger partial charge in [-0.25, -0.2) is 0 Å². The molecule has 0 unspecified atom stereocenters. The Balaban J connectivity index is 2.61. The molecule has 15 heavy (non-hydrogen) atoms. The van der Waals surface area contributed by atoms with Gasteiger partial charge in [0.25, 0.3) is 0 Å². The van der Waals surface area contributed by atoms with Gasteiger partial charge in [-0.2, -0.15) is 5.48 Å². The normalized spacial score (nSPS) is 12.1. The minimum absolute atomic E-state index is 0.119. The summed E-state index contributed by atoms with van der Waals surface area (Å²) in [6, 6.07) is 8.85. The van der Waals surface area contributed by atoms with Crippen LogP contribution in [0.15, 0.2) is 30.3 Å². The van der Waals surface area contributed by atoms with E-state index in [-0.39, 0.29) is 12.4 Å². The van der Waals surface area contributed by atoms with E-state index in [0.717, 1.165) is 5.56 Å². The highest BCUT2D eigenvalue weighted by Gasteiger charge is 2.15. The zero-order valence-corrected chi connectivity index (χ0v) is 8.64. The van der Waals surface area contributed by atoms with E-state index in [4.69, 9.17) is 9.94 Å². The summed E-state index contributed by atoms with van der Waals surface area (Å²) in [5, 5.41) is 8.94. The maximum atomic E-state index is 11.2. The first-order valence-electron chi connectivity index (χ1n) is 4.88. The Morgan fingerprint density at radius 2 is 2.13 bits per heavy atom. The fraction of sp³-hybridized carbons (Fsp3) is 0.364. The average Bonchev–Trinajstić information content (AvgIpc) is 2.27. The first-order valence-corrected chi connectivity index (χ1v) is 4.88. The van der Waals surface area contributed by atoms with Gasteiger partial charge in [-0.15, -0.1) is 0 Å². The summed E-state index contributed by atoms with van der Waals surface area (Å²) in [7, 11) is 0. The number of benzene rings is 1. The third-order valence-corrected chi connectivity index (χ3v) is 2.03. The van der Waals surface area contributed by atoms with Crippen LogP contribution in [0.3, 0.4) is 0 Å². The Hall–Kier alpha value is -1.39. The quantitative estimate of drug-likeness (QED) is 0.572. The van der Waals surface area contributed by atoms with E-state index in [9.17, 15) is 4.79 Å². The van der Waals surface area contributed by atoms with E-state index >= 15 is 0 Å². The molecule has 0 radical (unpaired) electrons. The van der Waals surface area contributed by atoms with Gasteiger partial charge in [-0.05, 0) is 12.5 Å². The van der Waals surface area contributed by atoms with Crippen molar-refractivity contribution in [2.45, 2.75) is 19.4 Å². The number of hydrogen-bond donors (Lipinski definition) is 2.